The highest BCUT2D eigenvalue weighted by atomic mass is 15.1. The maximum atomic E-state index is 5.81. The molecular weight excluding hydrogens is 186 g/mol. The summed E-state index contributed by atoms with van der Waals surface area (Å²) in [5.41, 5.74) is 6.93. The Bertz CT molecular complexity index is 295. The smallest absolute Gasteiger partial charge is 0.127 e. The van der Waals surface area contributed by atoms with Gasteiger partial charge in [-0.1, -0.05) is 19.9 Å². The van der Waals surface area contributed by atoms with Crippen molar-refractivity contribution < 1.29 is 0 Å². The Kier molecular flexibility index (Phi) is 4.56. The zero-order chi connectivity index (χ0) is 11.3. The maximum absolute atomic E-state index is 5.81. The maximum Gasteiger partial charge on any atom is 0.127 e. The molecule has 0 fully saturated rings. The molecule has 0 bridgehead atoms. The van der Waals surface area contributed by atoms with Crippen LogP contribution in [0.2, 0.25) is 0 Å². The summed E-state index contributed by atoms with van der Waals surface area (Å²) in [7, 11) is 2.14. The Hall–Kier alpha value is -1.09. The minimum atomic E-state index is 0.629. The second kappa shape index (κ2) is 5.71. The first-order valence-corrected chi connectivity index (χ1v) is 5.58. The van der Waals surface area contributed by atoms with Crippen molar-refractivity contribution in [1.29, 1.82) is 0 Å². The molecule has 3 heteroatoms. The van der Waals surface area contributed by atoms with Gasteiger partial charge in [-0.25, -0.2) is 4.98 Å². The fourth-order valence-corrected chi connectivity index (χ4v) is 1.89. The van der Waals surface area contributed by atoms with E-state index < -0.39 is 0 Å². The van der Waals surface area contributed by atoms with Gasteiger partial charge in [-0.2, -0.15) is 0 Å². The van der Waals surface area contributed by atoms with Gasteiger partial charge in [0.2, 0.25) is 0 Å². The molecular formula is C12H21N3. The van der Waals surface area contributed by atoms with Crippen LogP contribution < -0.4 is 5.73 Å². The largest absolute Gasteiger partial charge is 0.383 e. The van der Waals surface area contributed by atoms with Crippen molar-refractivity contribution in [2.75, 3.05) is 12.8 Å². The van der Waals surface area contributed by atoms with Gasteiger partial charge in [0.05, 0.1) is 0 Å². The van der Waals surface area contributed by atoms with Crippen LogP contribution in [0.4, 0.5) is 5.82 Å². The van der Waals surface area contributed by atoms with Crippen LogP contribution in [0.1, 0.15) is 32.3 Å². The number of pyridine rings is 1. The molecule has 0 saturated carbocycles. The lowest BCUT2D eigenvalue weighted by atomic mass is 10.1. The minimum absolute atomic E-state index is 0.629. The summed E-state index contributed by atoms with van der Waals surface area (Å²) in [6.45, 7) is 5.32. The predicted molar refractivity (Wildman–Crippen MR) is 64.5 cm³/mol. The molecule has 0 aromatic carbocycles. The highest BCUT2D eigenvalue weighted by Crippen LogP contribution is 2.14. The van der Waals surface area contributed by atoms with Crippen LogP contribution in [0.15, 0.2) is 18.3 Å². The van der Waals surface area contributed by atoms with Crippen LogP contribution in [-0.2, 0) is 6.54 Å². The number of nitrogens with zero attached hydrogens (tertiary/aromatic N) is 2. The van der Waals surface area contributed by atoms with Crippen LogP contribution in [0.3, 0.4) is 0 Å². The van der Waals surface area contributed by atoms with Gasteiger partial charge >= 0.3 is 0 Å². The fraction of sp³-hybridized carbons (Fsp3) is 0.583. The predicted octanol–water partition coefficient (Wildman–Crippen LogP) is 2.28. The van der Waals surface area contributed by atoms with Crippen molar-refractivity contribution in [3.63, 3.8) is 0 Å². The average Bonchev–Trinajstić information content (AvgIpc) is 2.23. The van der Waals surface area contributed by atoms with Crippen molar-refractivity contribution in [1.82, 2.24) is 9.88 Å². The van der Waals surface area contributed by atoms with Crippen LogP contribution in [0.25, 0.3) is 0 Å². The van der Waals surface area contributed by atoms with E-state index in [2.05, 4.69) is 30.8 Å². The van der Waals surface area contributed by atoms with Crippen molar-refractivity contribution in [3.8, 4) is 0 Å². The Labute approximate surface area is 92.3 Å². The van der Waals surface area contributed by atoms with Crippen molar-refractivity contribution in [3.05, 3.63) is 23.9 Å². The molecule has 0 saturated heterocycles. The molecule has 1 aromatic rings. The first kappa shape index (κ1) is 12.0. The number of hydrogen-bond donors (Lipinski definition) is 1. The second-order valence-corrected chi connectivity index (χ2v) is 3.93. The standard InChI is InChI=1S/C12H21N3/c1-4-11(5-2)15(3)9-10-7-6-8-14-12(10)13/h6-8,11H,4-5,9H2,1-3H3,(H2,13,14). The number of nitrogen functional groups attached to an aromatic ring is 1. The summed E-state index contributed by atoms with van der Waals surface area (Å²) in [5.74, 6) is 0.648. The molecule has 0 aliphatic carbocycles. The summed E-state index contributed by atoms with van der Waals surface area (Å²) < 4.78 is 0. The number of aromatic nitrogens is 1. The van der Waals surface area contributed by atoms with Gasteiger partial charge in [-0.15, -0.1) is 0 Å². The summed E-state index contributed by atoms with van der Waals surface area (Å²) in [5, 5.41) is 0. The Morgan fingerprint density at radius 2 is 2.07 bits per heavy atom. The quantitative estimate of drug-likeness (QED) is 0.805. The van der Waals surface area contributed by atoms with E-state index in [-0.39, 0.29) is 0 Å². The highest BCUT2D eigenvalue weighted by Gasteiger charge is 2.11. The van der Waals surface area contributed by atoms with Crippen molar-refractivity contribution in [2.24, 2.45) is 0 Å². The molecule has 15 heavy (non-hydrogen) atoms. The first-order chi connectivity index (χ1) is 7.19. The highest BCUT2D eigenvalue weighted by molar-refractivity contribution is 5.38. The second-order valence-electron chi connectivity index (χ2n) is 3.93. The molecule has 1 aromatic heterocycles. The molecule has 2 N–H and O–H groups in total. The molecule has 0 amide bonds. The van der Waals surface area contributed by atoms with Crippen molar-refractivity contribution >= 4 is 5.82 Å². The van der Waals surface area contributed by atoms with E-state index in [9.17, 15) is 0 Å². The molecule has 1 rings (SSSR count). The Morgan fingerprint density at radius 1 is 1.40 bits per heavy atom. The lowest BCUT2D eigenvalue weighted by molar-refractivity contribution is 0.222. The molecule has 84 valence electrons. The Balaban J connectivity index is 2.65. The van der Waals surface area contributed by atoms with Gasteiger partial charge in [-0.05, 0) is 26.0 Å². The van der Waals surface area contributed by atoms with Gasteiger partial charge in [0, 0.05) is 24.3 Å². The molecule has 0 radical (unpaired) electrons. The molecule has 0 unspecified atom stereocenters. The molecule has 0 atom stereocenters. The van der Waals surface area contributed by atoms with Gasteiger partial charge < -0.3 is 5.73 Å². The third-order valence-electron chi connectivity index (χ3n) is 2.91. The van der Waals surface area contributed by atoms with E-state index in [4.69, 9.17) is 5.73 Å². The average molecular weight is 207 g/mol. The van der Waals surface area contributed by atoms with Gasteiger partial charge in [0.15, 0.2) is 0 Å². The van der Waals surface area contributed by atoms with E-state index in [0.29, 0.717) is 11.9 Å². The van der Waals surface area contributed by atoms with Crippen LogP contribution >= 0.6 is 0 Å². The normalized spacial score (nSPS) is 11.3. The van der Waals surface area contributed by atoms with Gasteiger partial charge in [0.1, 0.15) is 5.82 Å². The topological polar surface area (TPSA) is 42.2 Å². The number of hydrogen-bond acceptors (Lipinski definition) is 3. The monoisotopic (exact) mass is 207 g/mol. The SMILES string of the molecule is CCC(CC)N(C)Cc1cccnc1N. The van der Waals surface area contributed by atoms with Crippen LogP contribution in [0.5, 0.6) is 0 Å². The fourth-order valence-electron chi connectivity index (χ4n) is 1.89. The zero-order valence-corrected chi connectivity index (χ0v) is 9.90. The Morgan fingerprint density at radius 3 is 2.60 bits per heavy atom. The summed E-state index contributed by atoms with van der Waals surface area (Å²) in [4.78, 5) is 6.43. The number of anilines is 1. The summed E-state index contributed by atoms with van der Waals surface area (Å²) >= 11 is 0. The van der Waals surface area contributed by atoms with Crippen LogP contribution in [0, 0.1) is 0 Å². The van der Waals surface area contributed by atoms with Gasteiger partial charge in [0.25, 0.3) is 0 Å². The minimum Gasteiger partial charge on any atom is -0.383 e. The molecule has 0 spiro atoms. The summed E-state index contributed by atoms with van der Waals surface area (Å²) in [6, 6.07) is 4.61. The van der Waals surface area contributed by atoms with Crippen molar-refractivity contribution in [2.45, 2.75) is 39.3 Å². The molecule has 0 aliphatic rings. The first-order valence-electron chi connectivity index (χ1n) is 5.58. The molecule has 0 aliphatic heterocycles. The third kappa shape index (κ3) is 3.20. The molecule has 3 nitrogen and oxygen atoms in total. The lowest BCUT2D eigenvalue weighted by Crippen LogP contribution is -2.30. The number of rotatable bonds is 5. The van der Waals surface area contributed by atoms with E-state index in [0.717, 1.165) is 12.1 Å². The lowest BCUT2D eigenvalue weighted by Gasteiger charge is -2.26. The van der Waals surface area contributed by atoms with E-state index in [1.54, 1.807) is 6.20 Å². The van der Waals surface area contributed by atoms with E-state index in [1.807, 2.05) is 12.1 Å². The van der Waals surface area contributed by atoms with E-state index in [1.165, 1.54) is 12.8 Å². The third-order valence-corrected chi connectivity index (χ3v) is 2.91. The zero-order valence-electron chi connectivity index (χ0n) is 9.90. The number of nitrogens with two attached hydrogens (primary N) is 1. The summed E-state index contributed by atoms with van der Waals surface area (Å²) in [6.07, 6.45) is 4.08. The van der Waals surface area contributed by atoms with E-state index >= 15 is 0 Å². The van der Waals surface area contributed by atoms with Crippen LogP contribution in [-0.4, -0.2) is 23.0 Å². The molecule has 1 heterocycles. The van der Waals surface area contributed by atoms with Gasteiger partial charge in [-0.3, -0.25) is 4.90 Å².